The molecule has 7 nitrogen and oxygen atoms in total. The summed E-state index contributed by atoms with van der Waals surface area (Å²) in [7, 11) is 0. The minimum absolute atomic E-state index is 0.0291. The average Bonchev–Trinajstić information content (AvgIpc) is 2.85. The van der Waals surface area contributed by atoms with E-state index in [1.54, 1.807) is 0 Å². The van der Waals surface area contributed by atoms with Gasteiger partial charge in [0.25, 0.3) is 0 Å². The Morgan fingerprint density at radius 2 is 1.60 bits per heavy atom. The van der Waals surface area contributed by atoms with E-state index >= 15 is 0 Å². The Hall–Kier alpha value is -1.89. The van der Waals surface area contributed by atoms with Crippen LogP contribution in [0.1, 0.15) is 86.0 Å². The zero-order valence-corrected chi connectivity index (χ0v) is 22.6. The summed E-state index contributed by atoms with van der Waals surface area (Å²) < 4.78 is 0. The molecule has 2 saturated heterocycles. The molecule has 3 rings (SSSR count). The van der Waals surface area contributed by atoms with Gasteiger partial charge in [-0.15, -0.1) is 0 Å². The average molecular weight is 489 g/mol. The van der Waals surface area contributed by atoms with Crippen molar-refractivity contribution in [2.24, 2.45) is 17.8 Å². The lowest BCUT2D eigenvalue weighted by Crippen LogP contribution is -2.57. The van der Waals surface area contributed by atoms with Crippen molar-refractivity contribution < 1.29 is 14.4 Å². The number of piperidine rings is 2. The molecule has 0 aromatic rings. The molecule has 7 heteroatoms. The maximum absolute atomic E-state index is 13.1. The van der Waals surface area contributed by atoms with Crippen LogP contribution in [-0.2, 0) is 14.4 Å². The Bertz CT molecular complexity index is 778. The second kappa shape index (κ2) is 12.9. The zero-order valence-electron chi connectivity index (χ0n) is 22.6. The highest BCUT2D eigenvalue weighted by Crippen LogP contribution is 2.36. The fourth-order valence-corrected chi connectivity index (χ4v) is 6.17. The molecule has 0 radical (unpaired) electrons. The van der Waals surface area contributed by atoms with E-state index in [4.69, 9.17) is 0 Å². The van der Waals surface area contributed by atoms with Gasteiger partial charge in [-0.05, 0) is 70.8 Å². The van der Waals surface area contributed by atoms with Crippen LogP contribution in [0.15, 0.2) is 11.6 Å². The molecule has 1 saturated carbocycles. The molecule has 1 aliphatic carbocycles. The van der Waals surface area contributed by atoms with Gasteiger partial charge in [-0.25, -0.2) is 0 Å². The smallest absolute Gasteiger partial charge is 0.249 e. The molecule has 35 heavy (non-hydrogen) atoms. The Labute approximate surface area is 212 Å². The molecular formula is C28H48N4O3. The summed E-state index contributed by atoms with van der Waals surface area (Å²) in [5.41, 5.74) is 0.680. The zero-order chi connectivity index (χ0) is 25.5. The minimum Gasteiger partial charge on any atom is -0.351 e. The Morgan fingerprint density at radius 1 is 0.914 bits per heavy atom. The second-order valence-electron chi connectivity index (χ2n) is 11.6. The third-order valence-electron chi connectivity index (χ3n) is 8.36. The van der Waals surface area contributed by atoms with Gasteiger partial charge in [0.15, 0.2) is 0 Å². The van der Waals surface area contributed by atoms with Crippen LogP contribution in [0.25, 0.3) is 0 Å². The van der Waals surface area contributed by atoms with E-state index in [-0.39, 0.29) is 36.2 Å². The molecule has 3 aliphatic rings. The van der Waals surface area contributed by atoms with E-state index in [2.05, 4.69) is 29.4 Å². The van der Waals surface area contributed by atoms with Crippen molar-refractivity contribution in [2.75, 3.05) is 26.2 Å². The molecule has 2 heterocycles. The summed E-state index contributed by atoms with van der Waals surface area (Å²) in [6.07, 6.45) is 11.1. The Morgan fingerprint density at radius 3 is 2.29 bits per heavy atom. The number of rotatable bonds is 8. The van der Waals surface area contributed by atoms with Crippen LogP contribution in [-0.4, -0.2) is 71.8 Å². The number of hydrogen-bond donors (Lipinski definition) is 2. The van der Waals surface area contributed by atoms with E-state index in [0.29, 0.717) is 17.5 Å². The number of nitrogens with one attached hydrogen (secondary N) is 2. The monoisotopic (exact) mass is 488 g/mol. The highest BCUT2D eigenvalue weighted by Gasteiger charge is 2.34. The maximum atomic E-state index is 13.1. The molecule has 0 aromatic heterocycles. The molecule has 4 atom stereocenters. The molecule has 198 valence electrons. The number of fused-ring (bicyclic) bond motifs is 1. The summed E-state index contributed by atoms with van der Waals surface area (Å²) in [6.45, 7) is 12.9. The lowest BCUT2D eigenvalue weighted by Gasteiger charge is -2.41. The first-order chi connectivity index (χ1) is 16.7. The van der Waals surface area contributed by atoms with E-state index in [0.717, 1.165) is 51.2 Å². The summed E-state index contributed by atoms with van der Waals surface area (Å²) >= 11 is 0. The first-order valence-corrected chi connectivity index (χ1v) is 14.0. The van der Waals surface area contributed by atoms with Gasteiger partial charge in [0.05, 0.1) is 6.04 Å². The molecule has 2 N–H and O–H groups in total. The van der Waals surface area contributed by atoms with Gasteiger partial charge in [-0.3, -0.25) is 19.3 Å². The van der Waals surface area contributed by atoms with Crippen LogP contribution in [0.4, 0.5) is 0 Å². The second-order valence-corrected chi connectivity index (χ2v) is 11.6. The van der Waals surface area contributed by atoms with Gasteiger partial charge < -0.3 is 15.5 Å². The van der Waals surface area contributed by atoms with Crippen molar-refractivity contribution in [3.8, 4) is 0 Å². The largest absolute Gasteiger partial charge is 0.351 e. The van der Waals surface area contributed by atoms with E-state index in [1.807, 2.05) is 31.7 Å². The standard InChI is InChI=1S/C28H48N4O3/c1-19(2)25(30-26(33)24-12-8-9-16-32(24)20(3)4)27(34)29-15-13-21(5)28(35)31-17-14-22-10-6-7-11-23(22)18-31/h13,19-20,22-25H,6-12,14-18H2,1-5H3,(H,29,34)(H,30,33)/b21-13+. The van der Waals surface area contributed by atoms with E-state index in [1.165, 1.54) is 25.7 Å². The number of hydrogen-bond acceptors (Lipinski definition) is 4. The lowest BCUT2D eigenvalue weighted by atomic mass is 9.75. The normalized spacial score (nSPS) is 26.9. The van der Waals surface area contributed by atoms with Gasteiger partial charge in [-0.2, -0.15) is 0 Å². The maximum Gasteiger partial charge on any atom is 0.249 e. The molecular weight excluding hydrogens is 440 g/mol. The Balaban J connectivity index is 1.51. The van der Waals surface area contributed by atoms with Crippen LogP contribution >= 0.6 is 0 Å². The van der Waals surface area contributed by atoms with Crippen molar-refractivity contribution >= 4 is 17.7 Å². The Kier molecular flexibility index (Phi) is 10.2. The number of nitrogens with zero attached hydrogens (tertiary/aromatic N) is 2. The first kappa shape index (κ1) is 27.7. The fourth-order valence-electron chi connectivity index (χ4n) is 6.17. The molecule has 0 aromatic carbocycles. The molecule has 0 bridgehead atoms. The topological polar surface area (TPSA) is 81.8 Å². The predicted octanol–water partition coefficient (Wildman–Crippen LogP) is 3.49. The molecule has 4 unspecified atom stereocenters. The molecule has 3 amide bonds. The van der Waals surface area contributed by atoms with Gasteiger partial charge in [0, 0.05) is 31.2 Å². The minimum atomic E-state index is -0.590. The number of carbonyl (C=O) groups is 3. The molecule has 0 spiro atoms. The quantitative estimate of drug-likeness (QED) is 0.513. The van der Waals surface area contributed by atoms with Gasteiger partial charge in [0.2, 0.25) is 17.7 Å². The van der Waals surface area contributed by atoms with Crippen molar-refractivity contribution in [1.29, 1.82) is 0 Å². The third-order valence-corrected chi connectivity index (χ3v) is 8.36. The van der Waals surface area contributed by atoms with Crippen LogP contribution in [0.5, 0.6) is 0 Å². The summed E-state index contributed by atoms with van der Waals surface area (Å²) in [5, 5.41) is 5.95. The van der Waals surface area contributed by atoms with Gasteiger partial charge in [0.1, 0.15) is 6.04 Å². The van der Waals surface area contributed by atoms with Crippen molar-refractivity contribution in [1.82, 2.24) is 20.4 Å². The van der Waals surface area contributed by atoms with E-state index < -0.39 is 6.04 Å². The SMILES string of the molecule is C/C(=C\CNC(=O)C(NC(=O)C1CCCCN1C(C)C)C(C)C)C(=O)N1CCC2CCCCC2C1. The predicted molar refractivity (Wildman–Crippen MR) is 140 cm³/mol. The van der Waals surface area contributed by atoms with Crippen LogP contribution in [0.2, 0.25) is 0 Å². The fraction of sp³-hybridized carbons (Fsp3) is 0.821. The van der Waals surface area contributed by atoms with Gasteiger partial charge in [-0.1, -0.05) is 45.6 Å². The van der Waals surface area contributed by atoms with Crippen LogP contribution in [0.3, 0.4) is 0 Å². The number of likely N-dealkylation sites (tertiary alicyclic amines) is 2. The summed E-state index contributed by atoms with van der Waals surface area (Å²) in [4.78, 5) is 43.3. The number of amides is 3. The first-order valence-electron chi connectivity index (χ1n) is 14.0. The lowest BCUT2D eigenvalue weighted by molar-refractivity contribution is -0.134. The molecule has 2 aliphatic heterocycles. The van der Waals surface area contributed by atoms with E-state index in [9.17, 15) is 14.4 Å². The van der Waals surface area contributed by atoms with Crippen LogP contribution in [0, 0.1) is 17.8 Å². The summed E-state index contributed by atoms with van der Waals surface area (Å²) in [6, 6.07) is -0.467. The van der Waals surface area contributed by atoms with Crippen molar-refractivity contribution in [3.05, 3.63) is 11.6 Å². The number of carbonyl (C=O) groups excluding carboxylic acids is 3. The van der Waals surface area contributed by atoms with Gasteiger partial charge >= 0.3 is 0 Å². The van der Waals surface area contributed by atoms with Crippen molar-refractivity contribution in [3.63, 3.8) is 0 Å². The highest BCUT2D eigenvalue weighted by atomic mass is 16.2. The highest BCUT2D eigenvalue weighted by molar-refractivity contribution is 5.93. The van der Waals surface area contributed by atoms with Crippen molar-refractivity contribution in [2.45, 2.75) is 104 Å². The molecule has 3 fully saturated rings. The summed E-state index contributed by atoms with van der Waals surface area (Å²) in [5.74, 6) is 1.25. The van der Waals surface area contributed by atoms with Crippen LogP contribution < -0.4 is 10.6 Å². The third kappa shape index (κ3) is 7.31.